The topological polar surface area (TPSA) is 76.9 Å². The zero-order valence-electron chi connectivity index (χ0n) is 16.2. The van der Waals surface area contributed by atoms with Gasteiger partial charge in [0.15, 0.2) is 10.9 Å². The second kappa shape index (κ2) is 8.61. The van der Waals surface area contributed by atoms with Crippen LogP contribution >= 0.6 is 11.8 Å². The monoisotopic (exact) mass is 406 g/mol. The van der Waals surface area contributed by atoms with Crippen LogP contribution in [0.5, 0.6) is 0 Å². The standard InChI is InChI=1S/C22H22N4O2S/c1-2-26-21(16-12-13-16)24-25-22(26)29-14-19(27)23-18-11-7-6-10-17(18)20(28)15-8-4-3-5-9-15/h3-11,16H,2,12-14H2,1H3,(H,23,27). The van der Waals surface area contributed by atoms with Crippen LogP contribution in [-0.2, 0) is 11.3 Å². The predicted octanol–water partition coefficient (Wildman–Crippen LogP) is 4.14. The Hall–Kier alpha value is -2.93. The number of hydrogen-bond acceptors (Lipinski definition) is 5. The van der Waals surface area contributed by atoms with Crippen molar-refractivity contribution in [2.75, 3.05) is 11.1 Å². The summed E-state index contributed by atoms with van der Waals surface area (Å²) in [4.78, 5) is 25.4. The predicted molar refractivity (Wildman–Crippen MR) is 113 cm³/mol. The van der Waals surface area contributed by atoms with Gasteiger partial charge in [0.25, 0.3) is 0 Å². The Kier molecular flexibility index (Phi) is 5.76. The van der Waals surface area contributed by atoms with E-state index in [2.05, 4.69) is 27.0 Å². The minimum absolute atomic E-state index is 0.117. The molecule has 148 valence electrons. The quantitative estimate of drug-likeness (QED) is 0.449. The summed E-state index contributed by atoms with van der Waals surface area (Å²) < 4.78 is 2.09. The number of ketones is 1. The molecule has 2 aromatic carbocycles. The number of anilines is 1. The first-order chi connectivity index (χ1) is 14.2. The van der Waals surface area contributed by atoms with Gasteiger partial charge in [0.05, 0.1) is 11.4 Å². The molecule has 3 aromatic rings. The summed E-state index contributed by atoms with van der Waals surface area (Å²) in [6, 6.07) is 16.1. The lowest BCUT2D eigenvalue weighted by atomic mass is 10.0. The molecule has 29 heavy (non-hydrogen) atoms. The van der Waals surface area contributed by atoms with Crippen LogP contribution in [-0.4, -0.2) is 32.2 Å². The minimum atomic E-state index is -0.179. The van der Waals surface area contributed by atoms with Crippen LogP contribution in [0.2, 0.25) is 0 Å². The van der Waals surface area contributed by atoms with Crippen LogP contribution < -0.4 is 5.32 Å². The lowest BCUT2D eigenvalue weighted by Gasteiger charge is -2.11. The van der Waals surface area contributed by atoms with Crippen molar-refractivity contribution in [3.05, 3.63) is 71.5 Å². The summed E-state index contributed by atoms with van der Waals surface area (Å²) in [6.07, 6.45) is 2.32. The molecule has 1 aromatic heterocycles. The molecule has 1 N–H and O–H groups in total. The molecule has 1 amide bonds. The SMILES string of the molecule is CCn1c(SCC(=O)Nc2ccccc2C(=O)c2ccccc2)nnc1C1CC1. The van der Waals surface area contributed by atoms with Crippen LogP contribution in [0.25, 0.3) is 0 Å². The van der Waals surface area contributed by atoms with Gasteiger partial charge in [0, 0.05) is 23.6 Å². The fraction of sp³-hybridized carbons (Fsp3) is 0.273. The van der Waals surface area contributed by atoms with Crippen molar-refractivity contribution in [3.8, 4) is 0 Å². The molecule has 0 bridgehead atoms. The summed E-state index contributed by atoms with van der Waals surface area (Å²) >= 11 is 1.37. The molecule has 0 radical (unpaired) electrons. The third-order valence-corrected chi connectivity index (χ3v) is 5.79. The van der Waals surface area contributed by atoms with Gasteiger partial charge in [-0.25, -0.2) is 0 Å². The summed E-state index contributed by atoms with van der Waals surface area (Å²) in [7, 11) is 0. The van der Waals surface area contributed by atoms with Crippen molar-refractivity contribution in [1.82, 2.24) is 14.8 Å². The third-order valence-electron chi connectivity index (χ3n) is 4.82. The van der Waals surface area contributed by atoms with Gasteiger partial charge in [-0.2, -0.15) is 0 Å². The van der Waals surface area contributed by atoms with Crippen LogP contribution in [0.4, 0.5) is 5.69 Å². The summed E-state index contributed by atoms with van der Waals surface area (Å²) in [5, 5.41) is 12.2. The molecule has 6 nitrogen and oxygen atoms in total. The normalized spacial score (nSPS) is 13.3. The van der Waals surface area contributed by atoms with E-state index in [4.69, 9.17) is 0 Å². The molecule has 7 heteroatoms. The molecule has 1 fully saturated rings. The number of hydrogen-bond donors (Lipinski definition) is 1. The molecule has 0 unspecified atom stereocenters. The number of nitrogens with zero attached hydrogens (tertiary/aromatic N) is 3. The highest BCUT2D eigenvalue weighted by molar-refractivity contribution is 7.99. The Morgan fingerprint density at radius 1 is 1.07 bits per heavy atom. The Bertz CT molecular complexity index is 1030. The summed E-state index contributed by atoms with van der Waals surface area (Å²) in [5.74, 6) is 1.45. The van der Waals surface area contributed by atoms with Crippen molar-refractivity contribution in [2.24, 2.45) is 0 Å². The zero-order valence-corrected chi connectivity index (χ0v) is 17.0. The number of amides is 1. The molecule has 0 atom stereocenters. The van der Waals surface area contributed by atoms with Crippen molar-refractivity contribution in [1.29, 1.82) is 0 Å². The van der Waals surface area contributed by atoms with Crippen LogP contribution in [0.3, 0.4) is 0 Å². The highest BCUT2D eigenvalue weighted by Gasteiger charge is 2.30. The lowest BCUT2D eigenvalue weighted by molar-refractivity contribution is -0.113. The zero-order chi connectivity index (χ0) is 20.2. The maximum absolute atomic E-state index is 12.8. The second-order valence-electron chi connectivity index (χ2n) is 6.94. The number of rotatable bonds is 8. The van der Waals surface area contributed by atoms with E-state index in [1.165, 1.54) is 11.8 Å². The van der Waals surface area contributed by atoms with Gasteiger partial charge in [-0.15, -0.1) is 10.2 Å². The highest BCUT2D eigenvalue weighted by atomic mass is 32.2. The Balaban J connectivity index is 1.44. The number of benzene rings is 2. The number of carbonyl (C=O) groups is 2. The molecule has 1 aliphatic carbocycles. The van der Waals surface area contributed by atoms with Crippen molar-refractivity contribution < 1.29 is 9.59 Å². The van der Waals surface area contributed by atoms with E-state index in [1.807, 2.05) is 18.2 Å². The molecule has 1 aliphatic rings. The van der Waals surface area contributed by atoms with Crippen LogP contribution in [0, 0.1) is 0 Å². The van der Waals surface area contributed by atoms with Gasteiger partial charge in [-0.3, -0.25) is 9.59 Å². The number of carbonyl (C=O) groups excluding carboxylic acids is 2. The van der Waals surface area contributed by atoms with E-state index in [0.29, 0.717) is 22.7 Å². The average molecular weight is 407 g/mol. The van der Waals surface area contributed by atoms with Crippen LogP contribution in [0.1, 0.15) is 47.4 Å². The first-order valence-corrected chi connectivity index (χ1v) is 10.7. The van der Waals surface area contributed by atoms with E-state index in [9.17, 15) is 9.59 Å². The Morgan fingerprint density at radius 3 is 2.52 bits per heavy atom. The van der Waals surface area contributed by atoms with Crippen molar-refractivity contribution >= 4 is 29.1 Å². The summed E-state index contributed by atoms with van der Waals surface area (Å²) in [6.45, 7) is 2.85. The molecule has 0 saturated heterocycles. The fourth-order valence-electron chi connectivity index (χ4n) is 3.20. The first kappa shape index (κ1) is 19.4. The Labute approximate surface area is 173 Å². The molecular formula is C22H22N4O2S. The molecule has 1 heterocycles. The maximum Gasteiger partial charge on any atom is 0.234 e. The molecule has 0 aliphatic heterocycles. The molecule has 1 saturated carbocycles. The van der Waals surface area contributed by atoms with E-state index in [1.54, 1.807) is 36.4 Å². The largest absolute Gasteiger partial charge is 0.325 e. The smallest absolute Gasteiger partial charge is 0.234 e. The van der Waals surface area contributed by atoms with E-state index < -0.39 is 0 Å². The minimum Gasteiger partial charge on any atom is -0.325 e. The number of para-hydroxylation sites is 1. The van der Waals surface area contributed by atoms with E-state index >= 15 is 0 Å². The second-order valence-corrected chi connectivity index (χ2v) is 7.88. The van der Waals surface area contributed by atoms with E-state index in [0.717, 1.165) is 30.4 Å². The molecule has 0 spiro atoms. The number of thioether (sulfide) groups is 1. The van der Waals surface area contributed by atoms with Gasteiger partial charge < -0.3 is 9.88 Å². The van der Waals surface area contributed by atoms with Gasteiger partial charge in [-0.05, 0) is 31.9 Å². The van der Waals surface area contributed by atoms with Crippen molar-refractivity contribution in [3.63, 3.8) is 0 Å². The Morgan fingerprint density at radius 2 is 1.79 bits per heavy atom. The van der Waals surface area contributed by atoms with Gasteiger partial charge in [-0.1, -0.05) is 54.2 Å². The van der Waals surface area contributed by atoms with Gasteiger partial charge in [0.2, 0.25) is 5.91 Å². The fourth-order valence-corrected chi connectivity index (χ4v) is 4.01. The van der Waals surface area contributed by atoms with Gasteiger partial charge in [0.1, 0.15) is 5.82 Å². The average Bonchev–Trinajstić information content (AvgIpc) is 3.52. The van der Waals surface area contributed by atoms with Crippen LogP contribution in [0.15, 0.2) is 59.8 Å². The maximum atomic E-state index is 12.8. The van der Waals surface area contributed by atoms with Crippen molar-refractivity contribution in [2.45, 2.75) is 37.4 Å². The third kappa shape index (κ3) is 4.40. The molecular weight excluding hydrogens is 384 g/mol. The number of nitrogens with one attached hydrogen (secondary N) is 1. The van der Waals surface area contributed by atoms with Gasteiger partial charge >= 0.3 is 0 Å². The lowest BCUT2D eigenvalue weighted by Crippen LogP contribution is -2.17. The summed E-state index contributed by atoms with van der Waals surface area (Å²) in [5.41, 5.74) is 1.58. The first-order valence-electron chi connectivity index (χ1n) is 9.72. The van der Waals surface area contributed by atoms with E-state index in [-0.39, 0.29) is 17.4 Å². The number of aromatic nitrogens is 3. The molecule has 4 rings (SSSR count). The highest BCUT2D eigenvalue weighted by Crippen LogP contribution is 2.40.